The fraction of sp³-hybridized carbons (Fsp3) is 0.500. The Morgan fingerprint density at radius 1 is 1.29 bits per heavy atom. The molecule has 11 heteroatoms. The second kappa shape index (κ2) is 8.18. The molecule has 0 saturated carbocycles. The summed E-state index contributed by atoms with van der Waals surface area (Å²) in [5.41, 5.74) is 1.12. The lowest BCUT2D eigenvalue weighted by molar-refractivity contribution is 0.597. The van der Waals surface area contributed by atoms with Gasteiger partial charge in [-0.1, -0.05) is 17.8 Å². The van der Waals surface area contributed by atoms with Gasteiger partial charge in [-0.3, -0.25) is 4.79 Å². The van der Waals surface area contributed by atoms with E-state index in [-0.39, 0.29) is 23.0 Å². The van der Waals surface area contributed by atoms with Crippen LogP contribution in [0.15, 0.2) is 22.6 Å². The van der Waals surface area contributed by atoms with Gasteiger partial charge >= 0.3 is 0 Å². The molecule has 5 rings (SSSR count). The first-order chi connectivity index (χ1) is 14.9. The van der Waals surface area contributed by atoms with Crippen LogP contribution in [-0.2, 0) is 35.0 Å². The standard InChI is InChI=1S/C20H23N5O3S3/c1-2-8-25-17(12-7-9-31(27,28)11-12)23-24-20(25)29-10-15-21-18(26)16-13-5-3-4-6-14(13)30-19(16)22-15/h2,12H,1,3-11H2,(H,21,22,26)/t12-/m0/s1. The van der Waals surface area contributed by atoms with E-state index in [1.54, 1.807) is 17.4 Å². The van der Waals surface area contributed by atoms with Crippen LogP contribution in [0.4, 0.5) is 0 Å². The van der Waals surface area contributed by atoms with Crippen LogP contribution in [0.5, 0.6) is 0 Å². The Labute approximate surface area is 188 Å². The Morgan fingerprint density at radius 2 is 2.13 bits per heavy atom. The molecule has 31 heavy (non-hydrogen) atoms. The lowest BCUT2D eigenvalue weighted by atomic mass is 9.97. The minimum absolute atomic E-state index is 0.0654. The zero-order valence-electron chi connectivity index (χ0n) is 17.0. The van der Waals surface area contributed by atoms with Crippen molar-refractivity contribution in [3.05, 3.63) is 45.1 Å². The highest BCUT2D eigenvalue weighted by Gasteiger charge is 2.33. The molecule has 0 aromatic carbocycles. The predicted molar refractivity (Wildman–Crippen MR) is 123 cm³/mol. The van der Waals surface area contributed by atoms with E-state index in [2.05, 4.69) is 21.8 Å². The van der Waals surface area contributed by atoms with Crippen molar-refractivity contribution in [2.75, 3.05) is 11.5 Å². The van der Waals surface area contributed by atoms with Gasteiger partial charge in [-0.25, -0.2) is 13.4 Å². The van der Waals surface area contributed by atoms with E-state index in [1.807, 2.05) is 4.57 Å². The normalized spacial score (nSPS) is 20.2. The zero-order valence-corrected chi connectivity index (χ0v) is 19.4. The number of aromatic nitrogens is 5. The summed E-state index contributed by atoms with van der Waals surface area (Å²) >= 11 is 3.07. The molecule has 0 radical (unpaired) electrons. The number of rotatable bonds is 6. The van der Waals surface area contributed by atoms with Gasteiger partial charge in [-0.15, -0.1) is 28.1 Å². The maximum absolute atomic E-state index is 12.8. The van der Waals surface area contributed by atoms with Gasteiger partial charge in [0.25, 0.3) is 5.56 Å². The van der Waals surface area contributed by atoms with Crippen molar-refractivity contribution >= 4 is 43.2 Å². The first-order valence-corrected chi connectivity index (χ1v) is 14.0. The molecule has 4 heterocycles. The maximum atomic E-state index is 12.8. The van der Waals surface area contributed by atoms with Gasteiger partial charge in [0.2, 0.25) is 0 Å². The van der Waals surface area contributed by atoms with Gasteiger partial charge in [0.1, 0.15) is 16.5 Å². The largest absolute Gasteiger partial charge is 0.309 e. The van der Waals surface area contributed by atoms with Gasteiger partial charge in [0.15, 0.2) is 15.0 Å². The number of H-pyrrole nitrogens is 1. The molecule has 3 aromatic heterocycles. The molecule has 8 nitrogen and oxygen atoms in total. The zero-order chi connectivity index (χ0) is 21.6. The molecule has 1 atom stereocenters. The number of hydrogen-bond donors (Lipinski definition) is 1. The van der Waals surface area contributed by atoms with Crippen LogP contribution in [0, 0.1) is 0 Å². The Hall–Kier alpha value is -1.98. The van der Waals surface area contributed by atoms with Gasteiger partial charge < -0.3 is 9.55 Å². The van der Waals surface area contributed by atoms with E-state index >= 15 is 0 Å². The van der Waals surface area contributed by atoms with E-state index in [0.717, 1.165) is 29.5 Å². The van der Waals surface area contributed by atoms with Crippen LogP contribution in [0.25, 0.3) is 10.2 Å². The van der Waals surface area contributed by atoms with Crippen LogP contribution < -0.4 is 5.56 Å². The maximum Gasteiger partial charge on any atom is 0.259 e. The fourth-order valence-corrected chi connectivity index (χ4v) is 8.26. The summed E-state index contributed by atoms with van der Waals surface area (Å²) in [6, 6.07) is 0. The summed E-state index contributed by atoms with van der Waals surface area (Å²) in [5.74, 6) is 1.91. The number of sulfone groups is 1. The summed E-state index contributed by atoms with van der Waals surface area (Å²) < 4.78 is 25.7. The van der Waals surface area contributed by atoms with Gasteiger partial charge in [0.05, 0.1) is 22.6 Å². The molecule has 1 N–H and O–H groups in total. The minimum Gasteiger partial charge on any atom is -0.309 e. The van der Waals surface area contributed by atoms with Crippen LogP contribution >= 0.6 is 23.1 Å². The number of hydrogen-bond acceptors (Lipinski definition) is 8. The number of aromatic amines is 1. The van der Waals surface area contributed by atoms with Crippen LogP contribution in [0.1, 0.15) is 47.3 Å². The lowest BCUT2D eigenvalue weighted by Gasteiger charge is -2.11. The Morgan fingerprint density at radius 3 is 2.90 bits per heavy atom. The molecule has 3 aromatic rings. The molecular weight excluding hydrogens is 454 g/mol. The third-order valence-corrected chi connectivity index (χ3v) is 9.80. The van der Waals surface area contributed by atoms with Crippen molar-refractivity contribution < 1.29 is 8.42 Å². The second-order valence-corrected chi connectivity index (χ2v) is 12.3. The number of thiophene rings is 1. The SMILES string of the molecule is C=CCn1c(SCc2nc3sc4c(c3c(=O)[nH]2)CCCC4)nnc1[C@H]1CCS(=O)(=O)C1. The third-order valence-electron chi connectivity index (χ3n) is 5.87. The second-order valence-electron chi connectivity index (χ2n) is 8.03. The first kappa shape index (κ1) is 20.9. The molecule has 2 aliphatic rings. The van der Waals surface area contributed by atoms with Crippen molar-refractivity contribution in [1.29, 1.82) is 0 Å². The summed E-state index contributed by atoms with van der Waals surface area (Å²) in [5, 5.41) is 10.0. The van der Waals surface area contributed by atoms with E-state index in [1.165, 1.54) is 28.6 Å². The lowest BCUT2D eigenvalue weighted by Crippen LogP contribution is -2.13. The molecule has 0 unspecified atom stereocenters. The number of thioether (sulfide) groups is 1. The first-order valence-electron chi connectivity index (χ1n) is 10.4. The molecule has 0 amide bonds. The van der Waals surface area contributed by atoms with Crippen LogP contribution in [-0.4, -0.2) is 44.7 Å². The summed E-state index contributed by atoms with van der Waals surface area (Å²) in [6.07, 6.45) is 6.60. The van der Waals surface area contributed by atoms with E-state index in [4.69, 9.17) is 4.98 Å². The van der Waals surface area contributed by atoms with Crippen molar-refractivity contribution in [1.82, 2.24) is 24.7 Å². The molecule has 1 fully saturated rings. The molecule has 1 aliphatic carbocycles. The van der Waals surface area contributed by atoms with Crippen molar-refractivity contribution in [2.45, 2.75) is 55.5 Å². The van der Waals surface area contributed by atoms with Crippen molar-refractivity contribution in [3.8, 4) is 0 Å². The Kier molecular flexibility index (Phi) is 5.51. The number of fused-ring (bicyclic) bond motifs is 3. The highest BCUT2D eigenvalue weighted by atomic mass is 32.2. The van der Waals surface area contributed by atoms with E-state index in [0.29, 0.717) is 35.5 Å². The van der Waals surface area contributed by atoms with Gasteiger partial charge in [0, 0.05) is 17.3 Å². The van der Waals surface area contributed by atoms with Crippen LogP contribution in [0.2, 0.25) is 0 Å². The number of nitrogens with one attached hydrogen (secondary N) is 1. The van der Waals surface area contributed by atoms with Crippen molar-refractivity contribution in [3.63, 3.8) is 0 Å². The average molecular weight is 478 g/mol. The summed E-state index contributed by atoms with van der Waals surface area (Å²) in [6.45, 7) is 4.31. The number of allylic oxidation sites excluding steroid dienone is 1. The molecule has 0 bridgehead atoms. The number of nitrogens with zero attached hydrogens (tertiary/aromatic N) is 4. The summed E-state index contributed by atoms with van der Waals surface area (Å²) in [7, 11) is -3.01. The Balaban J connectivity index is 1.40. The predicted octanol–water partition coefficient (Wildman–Crippen LogP) is 2.84. The molecule has 1 saturated heterocycles. The Bertz CT molecular complexity index is 1320. The fourth-order valence-electron chi connectivity index (χ4n) is 4.42. The monoisotopic (exact) mass is 477 g/mol. The van der Waals surface area contributed by atoms with Gasteiger partial charge in [-0.2, -0.15) is 0 Å². The van der Waals surface area contributed by atoms with E-state index < -0.39 is 9.84 Å². The number of aryl methyl sites for hydroxylation is 2. The molecular formula is C20H23N5O3S3. The smallest absolute Gasteiger partial charge is 0.259 e. The average Bonchev–Trinajstić information content (AvgIpc) is 3.41. The summed E-state index contributed by atoms with van der Waals surface area (Å²) in [4.78, 5) is 22.5. The van der Waals surface area contributed by atoms with Crippen LogP contribution in [0.3, 0.4) is 0 Å². The van der Waals surface area contributed by atoms with Gasteiger partial charge in [-0.05, 0) is 37.7 Å². The van der Waals surface area contributed by atoms with E-state index in [9.17, 15) is 13.2 Å². The topological polar surface area (TPSA) is 111 Å². The van der Waals surface area contributed by atoms with Crippen molar-refractivity contribution in [2.24, 2.45) is 0 Å². The molecule has 164 valence electrons. The third kappa shape index (κ3) is 3.98. The highest BCUT2D eigenvalue weighted by Crippen LogP contribution is 2.34. The molecule has 1 aliphatic heterocycles. The minimum atomic E-state index is -3.01. The molecule has 0 spiro atoms. The highest BCUT2D eigenvalue weighted by molar-refractivity contribution is 7.98. The quantitative estimate of drug-likeness (QED) is 0.429.